The van der Waals surface area contributed by atoms with E-state index in [2.05, 4.69) is 30.3 Å². The minimum Gasteiger partial charge on any atom is -0.394 e. The molecule has 0 unspecified atom stereocenters. The molecule has 1 aromatic carbocycles. The molecule has 6 atom stereocenters. The fourth-order valence-electron chi connectivity index (χ4n) is 3.26. The second-order valence-electron chi connectivity index (χ2n) is 7.50. The largest absolute Gasteiger partial charge is 0.394 e. The summed E-state index contributed by atoms with van der Waals surface area (Å²) < 4.78 is 138. The predicted molar refractivity (Wildman–Crippen MR) is 133 cm³/mol. The van der Waals surface area contributed by atoms with Gasteiger partial charge >= 0.3 is 0 Å². The van der Waals surface area contributed by atoms with Crippen molar-refractivity contribution in [1.82, 2.24) is 25.0 Å². The van der Waals surface area contributed by atoms with Gasteiger partial charge in [0.2, 0.25) is 0 Å². The first-order valence-corrected chi connectivity index (χ1v) is 11.5. The highest BCUT2D eigenvalue weighted by atomic mass is 32.2. The maximum Gasteiger partial charge on any atom is 0.191 e. The zero-order chi connectivity index (χ0) is 38.1. The molecule has 2 saturated carbocycles. The first kappa shape index (κ1) is 13.4. The Bertz CT molecular complexity index is 1870. The Balaban J connectivity index is 1.75. The molecule has 0 bridgehead atoms. The van der Waals surface area contributed by atoms with Gasteiger partial charge in [0.1, 0.15) is 18.0 Å². The van der Waals surface area contributed by atoms with Crippen LogP contribution >= 0.6 is 11.8 Å². The van der Waals surface area contributed by atoms with Crippen LogP contribution in [0, 0.1) is 12.7 Å². The Kier molecular flexibility index (Phi) is 3.93. The quantitative estimate of drug-likeness (QED) is 0.227. The van der Waals surface area contributed by atoms with Gasteiger partial charge in [0.15, 0.2) is 22.1 Å². The molecule has 2 aromatic heterocycles. The first-order valence-electron chi connectivity index (χ1n) is 17.6. The van der Waals surface area contributed by atoms with Gasteiger partial charge < -0.3 is 25.4 Å². The van der Waals surface area contributed by atoms with E-state index < -0.39 is 95.7 Å². The minimum absolute atomic E-state index is 0.0445. The van der Waals surface area contributed by atoms with Crippen LogP contribution in [-0.4, -0.2) is 83.4 Å². The monoisotopic (exact) mass is 532 g/mol. The summed E-state index contributed by atoms with van der Waals surface area (Å²) >= 11 is 0.346. The standard InChI is InChI=1S/C24H31FN6O4S/c1-3-8-36-24-27-22(26-16-10-14(16)13-5-4-12(2)15(25)9-13)19-23(28-24)31(30-29-19)17-11-18(35-7-6-32)21(34)20(17)33/h4-5,9,14,16-18,20-21,32-34H,3,6-8,10-11H2,1-2H3,(H,26,27,28)/t14-,16+,17+,18-,20-,21+/m0/s1/i7D2,8D2,10D2,11D2,14D,16D,17D,18D,20D,21D. The smallest absolute Gasteiger partial charge is 0.191 e. The number of aryl methyl sites for hydroxylation is 1. The number of aromatic nitrogens is 5. The zero-order valence-electron chi connectivity index (χ0n) is 32.9. The Morgan fingerprint density at radius 3 is 2.92 bits per heavy atom. The number of rotatable bonds is 10. The van der Waals surface area contributed by atoms with Crippen molar-refractivity contribution in [3.05, 3.63) is 35.1 Å². The van der Waals surface area contributed by atoms with Crippen molar-refractivity contribution < 1.29 is 43.6 Å². The molecule has 0 aliphatic heterocycles. The molecule has 10 nitrogen and oxygen atoms in total. The fourth-order valence-corrected chi connectivity index (χ4v) is 3.81. The number of aliphatic hydroxyl groups is 3. The summed E-state index contributed by atoms with van der Waals surface area (Å²) in [6, 6.07) is -3.16. The lowest BCUT2D eigenvalue weighted by Crippen LogP contribution is -2.33. The van der Waals surface area contributed by atoms with Crippen LogP contribution in [-0.2, 0) is 4.74 Å². The summed E-state index contributed by atoms with van der Waals surface area (Å²) in [6.45, 7) is -2.02. The van der Waals surface area contributed by atoms with Gasteiger partial charge in [-0.15, -0.1) is 5.10 Å². The summed E-state index contributed by atoms with van der Waals surface area (Å²) in [5.74, 6) is -3.94. The molecule has 2 aliphatic rings. The van der Waals surface area contributed by atoms with Crippen LogP contribution in [0.5, 0.6) is 0 Å². The van der Waals surface area contributed by atoms with Crippen LogP contribution in [0.4, 0.5) is 10.2 Å². The second kappa shape index (κ2) is 10.5. The van der Waals surface area contributed by atoms with Crippen molar-refractivity contribution in [3.63, 3.8) is 0 Å². The number of hydrogen-bond acceptors (Lipinski definition) is 10. The third-order valence-corrected chi connectivity index (χ3v) is 5.87. The number of anilines is 1. The second-order valence-corrected chi connectivity index (χ2v) is 8.35. The Labute approximate surface area is 232 Å². The molecular formula is C24H31FN6O4S. The number of hydrogen-bond donors (Lipinski definition) is 4. The maximum atomic E-state index is 14.5. The SMILES string of the molecule is [2H]C([2H])(CO)O[C@@]1([2H])C([2H])([2H])[C@@]([2H])(n2nnc3c(N[C@]4([2H])C([2H])([2H])[C@@]4([2H])c4ccc(C)c(F)c4)nc(SC([2H])([2H])CC)nc32)[C@]([2H])(O)[C@]1([2H])O. The summed E-state index contributed by atoms with van der Waals surface area (Å²) in [6.07, 6.45) is -19.4. The Morgan fingerprint density at radius 1 is 1.33 bits per heavy atom. The van der Waals surface area contributed by atoms with E-state index in [-0.39, 0.29) is 22.2 Å². The molecule has 0 spiro atoms. The summed E-state index contributed by atoms with van der Waals surface area (Å²) in [7, 11) is 0. The highest BCUT2D eigenvalue weighted by Gasteiger charge is 2.45. The lowest BCUT2D eigenvalue weighted by molar-refractivity contribution is -0.0629. The fraction of sp³-hybridized carbons (Fsp3) is 0.583. The minimum atomic E-state index is -4.22. The van der Waals surface area contributed by atoms with Gasteiger partial charge in [0.05, 0.1) is 34.9 Å². The van der Waals surface area contributed by atoms with E-state index in [1.165, 1.54) is 26.0 Å². The van der Waals surface area contributed by atoms with Crippen LogP contribution in [0.1, 0.15) is 68.3 Å². The van der Waals surface area contributed by atoms with E-state index >= 15 is 0 Å². The predicted octanol–water partition coefficient (Wildman–Crippen LogP) is 2.18. The number of aliphatic hydroxyl groups excluding tert-OH is 1. The van der Waals surface area contributed by atoms with Gasteiger partial charge in [-0.3, -0.25) is 0 Å². The molecule has 0 saturated heterocycles. The van der Waals surface area contributed by atoms with E-state index in [0.717, 1.165) is 6.07 Å². The third kappa shape index (κ3) is 4.92. The highest BCUT2D eigenvalue weighted by molar-refractivity contribution is 7.99. The average Bonchev–Trinajstić information content (AvgIpc) is 3.27. The zero-order valence-corrected chi connectivity index (χ0v) is 19.7. The van der Waals surface area contributed by atoms with Gasteiger partial charge in [0.25, 0.3) is 0 Å². The van der Waals surface area contributed by atoms with Crippen molar-refractivity contribution in [1.29, 1.82) is 0 Å². The van der Waals surface area contributed by atoms with Gasteiger partial charge in [-0.25, -0.2) is 19.0 Å². The molecule has 2 heterocycles. The van der Waals surface area contributed by atoms with Crippen molar-refractivity contribution in [2.75, 3.05) is 24.2 Å². The van der Waals surface area contributed by atoms with Gasteiger partial charge in [-0.1, -0.05) is 36.0 Å². The van der Waals surface area contributed by atoms with Crippen molar-refractivity contribution in [2.24, 2.45) is 0 Å². The van der Waals surface area contributed by atoms with Crippen molar-refractivity contribution >= 4 is 28.7 Å². The molecule has 0 radical (unpaired) electrons. The van der Waals surface area contributed by atoms with E-state index in [1.54, 1.807) is 0 Å². The maximum absolute atomic E-state index is 14.5. The number of halogens is 1. The lowest BCUT2D eigenvalue weighted by atomic mass is 10.1. The number of benzene rings is 1. The Hall–Kier alpha value is -2.38. The molecular weight excluding hydrogens is 487 g/mol. The van der Waals surface area contributed by atoms with Crippen LogP contribution in [0.3, 0.4) is 0 Å². The number of ether oxygens (including phenoxy) is 1. The number of nitrogens with one attached hydrogen (secondary N) is 1. The molecule has 5 rings (SSSR count). The first-order chi connectivity index (χ1) is 22.5. The van der Waals surface area contributed by atoms with Crippen LogP contribution < -0.4 is 5.32 Å². The molecule has 0 amide bonds. The highest BCUT2D eigenvalue weighted by Crippen LogP contribution is 2.44. The molecule has 2 fully saturated rings. The lowest BCUT2D eigenvalue weighted by Gasteiger charge is -2.17. The normalized spacial score (nSPS) is 49.2. The van der Waals surface area contributed by atoms with Crippen molar-refractivity contribution in [3.8, 4) is 0 Å². The molecule has 2 aliphatic carbocycles. The number of nitrogens with zero attached hydrogens (tertiary/aromatic N) is 5. The van der Waals surface area contributed by atoms with Crippen molar-refractivity contribution in [2.45, 2.75) is 74.3 Å². The van der Waals surface area contributed by atoms with Crippen LogP contribution in [0.25, 0.3) is 11.2 Å². The van der Waals surface area contributed by atoms with Crippen LogP contribution in [0.15, 0.2) is 23.4 Å². The number of thioether (sulfide) groups is 1. The topological polar surface area (TPSA) is 138 Å². The Morgan fingerprint density at radius 2 is 2.17 bits per heavy atom. The molecule has 4 N–H and O–H groups in total. The molecule has 3 aromatic rings. The molecule has 36 heavy (non-hydrogen) atoms. The van der Waals surface area contributed by atoms with E-state index in [4.69, 9.17) is 19.2 Å². The molecule has 12 heteroatoms. The summed E-state index contributed by atoms with van der Waals surface area (Å²) in [5, 5.41) is 40.8. The number of fused-ring (bicyclic) bond motifs is 1. The summed E-state index contributed by atoms with van der Waals surface area (Å²) in [5.41, 5.74) is -3.69. The van der Waals surface area contributed by atoms with Gasteiger partial charge in [-0.2, -0.15) is 0 Å². The molecule has 194 valence electrons. The van der Waals surface area contributed by atoms with Crippen LogP contribution in [0.2, 0.25) is 0 Å². The summed E-state index contributed by atoms with van der Waals surface area (Å²) in [4.78, 5) is 8.18. The average molecular weight is 533 g/mol. The van der Waals surface area contributed by atoms with E-state index in [9.17, 15) is 19.7 Å². The van der Waals surface area contributed by atoms with Gasteiger partial charge in [-0.05, 0) is 36.9 Å². The van der Waals surface area contributed by atoms with E-state index in [0.29, 0.717) is 11.8 Å². The van der Waals surface area contributed by atoms with Gasteiger partial charge in [0, 0.05) is 33.6 Å². The third-order valence-electron chi connectivity index (χ3n) is 5.08. The van der Waals surface area contributed by atoms with E-state index in [1.807, 2.05) is 0 Å².